The highest BCUT2D eigenvalue weighted by Gasteiger charge is 2.38. The van der Waals surface area contributed by atoms with E-state index in [4.69, 9.17) is 5.73 Å². The van der Waals surface area contributed by atoms with Crippen LogP contribution in [0, 0.1) is 0 Å². The summed E-state index contributed by atoms with van der Waals surface area (Å²) in [6, 6.07) is 0. The summed E-state index contributed by atoms with van der Waals surface area (Å²) in [5, 5.41) is 3.14. The van der Waals surface area contributed by atoms with E-state index >= 15 is 0 Å². The van der Waals surface area contributed by atoms with Gasteiger partial charge in [-0.2, -0.15) is 0 Å². The third-order valence-electron chi connectivity index (χ3n) is 4.77. The quantitative estimate of drug-likeness (QED) is 0.718. The molecule has 0 saturated heterocycles. The van der Waals surface area contributed by atoms with Crippen LogP contribution >= 0.6 is 0 Å². The van der Waals surface area contributed by atoms with E-state index in [-0.39, 0.29) is 17.0 Å². The summed E-state index contributed by atoms with van der Waals surface area (Å²) >= 11 is 0. The van der Waals surface area contributed by atoms with E-state index in [9.17, 15) is 4.79 Å². The van der Waals surface area contributed by atoms with Crippen molar-refractivity contribution in [2.45, 2.75) is 77.3 Å². The summed E-state index contributed by atoms with van der Waals surface area (Å²) in [5.41, 5.74) is 5.99. The molecule has 1 fully saturated rings. The van der Waals surface area contributed by atoms with Crippen LogP contribution in [0.1, 0.15) is 66.2 Å². The van der Waals surface area contributed by atoms with Gasteiger partial charge in [-0.1, -0.05) is 26.7 Å². The molecule has 0 aromatic heterocycles. The first-order chi connectivity index (χ1) is 9.39. The van der Waals surface area contributed by atoms with Crippen LogP contribution in [-0.2, 0) is 4.79 Å². The summed E-state index contributed by atoms with van der Waals surface area (Å²) in [6.07, 6.45) is 6.74. The molecule has 0 spiro atoms. The second kappa shape index (κ2) is 7.41. The Kier molecular flexibility index (Phi) is 6.46. The predicted octanol–water partition coefficient (Wildman–Crippen LogP) is 2.27. The van der Waals surface area contributed by atoms with Crippen molar-refractivity contribution in [1.29, 1.82) is 0 Å². The Balaban J connectivity index is 2.69. The largest absolute Gasteiger partial charge is 0.350 e. The average molecular weight is 283 g/mol. The van der Waals surface area contributed by atoms with Gasteiger partial charge in [-0.15, -0.1) is 0 Å². The normalized spacial score (nSPS) is 18.5. The Morgan fingerprint density at radius 2 is 1.90 bits per heavy atom. The minimum atomic E-state index is -0.124. The van der Waals surface area contributed by atoms with Gasteiger partial charge < -0.3 is 11.1 Å². The highest BCUT2D eigenvalue weighted by Crippen LogP contribution is 2.34. The lowest BCUT2D eigenvalue weighted by Gasteiger charge is -2.40. The second-order valence-electron chi connectivity index (χ2n) is 6.84. The second-order valence-corrected chi connectivity index (χ2v) is 6.84. The molecule has 0 heterocycles. The molecule has 4 nitrogen and oxygen atoms in total. The van der Waals surface area contributed by atoms with E-state index in [1.165, 1.54) is 12.8 Å². The number of carbonyl (C=O) groups is 1. The van der Waals surface area contributed by atoms with Gasteiger partial charge in [0.25, 0.3) is 0 Å². The maximum absolute atomic E-state index is 12.3. The lowest BCUT2D eigenvalue weighted by molar-refractivity contribution is -0.125. The van der Waals surface area contributed by atoms with Crippen molar-refractivity contribution in [3.05, 3.63) is 0 Å². The van der Waals surface area contributed by atoms with Crippen molar-refractivity contribution < 1.29 is 4.79 Å². The van der Waals surface area contributed by atoms with E-state index in [2.05, 4.69) is 37.9 Å². The summed E-state index contributed by atoms with van der Waals surface area (Å²) in [7, 11) is 0. The van der Waals surface area contributed by atoms with Crippen molar-refractivity contribution in [2.75, 3.05) is 19.6 Å². The molecule has 0 bridgehead atoms. The third-order valence-corrected chi connectivity index (χ3v) is 4.77. The molecule has 0 aliphatic heterocycles. The Bertz CT molecular complexity index is 309. The molecule has 0 radical (unpaired) electrons. The van der Waals surface area contributed by atoms with E-state index in [1.54, 1.807) is 0 Å². The van der Waals surface area contributed by atoms with Gasteiger partial charge in [-0.25, -0.2) is 0 Å². The zero-order valence-electron chi connectivity index (χ0n) is 13.8. The summed E-state index contributed by atoms with van der Waals surface area (Å²) in [5.74, 6) is 0.130. The molecular formula is C16H33N3O. The highest BCUT2D eigenvalue weighted by molar-refractivity contribution is 5.78. The van der Waals surface area contributed by atoms with Crippen LogP contribution in [0.25, 0.3) is 0 Å². The maximum Gasteiger partial charge on any atom is 0.234 e. The minimum Gasteiger partial charge on any atom is -0.350 e. The predicted molar refractivity (Wildman–Crippen MR) is 84.6 cm³/mol. The summed E-state index contributed by atoms with van der Waals surface area (Å²) in [4.78, 5) is 14.7. The average Bonchev–Trinajstić information content (AvgIpc) is 2.87. The van der Waals surface area contributed by atoms with E-state index in [0.717, 1.165) is 32.2 Å². The number of nitrogens with two attached hydrogens (primary N) is 1. The Hall–Kier alpha value is -0.610. The molecule has 20 heavy (non-hydrogen) atoms. The molecule has 3 N–H and O–H groups in total. The first-order valence-electron chi connectivity index (χ1n) is 8.15. The zero-order chi connectivity index (χ0) is 15.2. The van der Waals surface area contributed by atoms with Gasteiger partial charge in [0.1, 0.15) is 0 Å². The topological polar surface area (TPSA) is 58.4 Å². The smallest absolute Gasteiger partial charge is 0.234 e. The fraction of sp³-hybridized carbons (Fsp3) is 0.938. The van der Waals surface area contributed by atoms with Crippen LogP contribution in [0.4, 0.5) is 0 Å². The zero-order valence-corrected chi connectivity index (χ0v) is 13.8. The van der Waals surface area contributed by atoms with Crippen LogP contribution in [0.3, 0.4) is 0 Å². The van der Waals surface area contributed by atoms with Crippen molar-refractivity contribution in [3.8, 4) is 0 Å². The van der Waals surface area contributed by atoms with E-state index in [1.807, 2.05) is 0 Å². The summed E-state index contributed by atoms with van der Waals surface area (Å²) in [6.45, 7) is 10.5. The molecule has 1 aliphatic carbocycles. The minimum absolute atomic E-state index is 0.0592. The molecule has 0 aromatic rings. The van der Waals surface area contributed by atoms with Crippen molar-refractivity contribution in [3.63, 3.8) is 0 Å². The van der Waals surface area contributed by atoms with Crippen molar-refractivity contribution in [2.24, 2.45) is 5.73 Å². The molecule has 1 rings (SSSR count). The fourth-order valence-corrected chi connectivity index (χ4v) is 3.12. The fourth-order valence-electron chi connectivity index (χ4n) is 3.12. The Morgan fingerprint density at radius 1 is 1.30 bits per heavy atom. The van der Waals surface area contributed by atoms with Gasteiger partial charge in [-0.3, -0.25) is 9.69 Å². The van der Waals surface area contributed by atoms with E-state index < -0.39 is 0 Å². The molecule has 1 aliphatic rings. The first-order valence-corrected chi connectivity index (χ1v) is 8.15. The monoisotopic (exact) mass is 283 g/mol. The molecule has 0 unspecified atom stereocenters. The molecule has 4 heteroatoms. The molecule has 118 valence electrons. The Labute approximate surface area is 124 Å². The first kappa shape index (κ1) is 17.4. The SMILES string of the molecule is CCCN(CC(=O)NC(C)(C)CC)C1(CN)CCCC1. The van der Waals surface area contributed by atoms with Crippen LogP contribution in [-0.4, -0.2) is 41.5 Å². The summed E-state index contributed by atoms with van der Waals surface area (Å²) < 4.78 is 0. The van der Waals surface area contributed by atoms with Gasteiger partial charge in [-0.05, 0) is 46.1 Å². The molecule has 1 amide bonds. The number of carbonyl (C=O) groups excluding carboxylic acids is 1. The van der Waals surface area contributed by atoms with Crippen molar-refractivity contribution in [1.82, 2.24) is 10.2 Å². The van der Waals surface area contributed by atoms with Gasteiger partial charge in [0.05, 0.1) is 6.54 Å². The van der Waals surface area contributed by atoms with Crippen LogP contribution < -0.4 is 11.1 Å². The Morgan fingerprint density at radius 3 is 2.35 bits per heavy atom. The molecule has 0 aromatic carbocycles. The van der Waals surface area contributed by atoms with Gasteiger partial charge in [0, 0.05) is 17.6 Å². The van der Waals surface area contributed by atoms with Gasteiger partial charge >= 0.3 is 0 Å². The number of nitrogens with one attached hydrogen (secondary N) is 1. The van der Waals surface area contributed by atoms with Gasteiger partial charge in [0.2, 0.25) is 5.91 Å². The third kappa shape index (κ3) is 4.45. The number of hydrogen-bond donors (Lipinski definition) is 2. The maximum atomic E-state index is 12.3. The number of rotatable bonds is 8. The van der Waals surface area contributed by atoms with Crippen molar-refractivity contribution >= 4 is 5.91 Å². The number of amides is 1. The molecular weight excluding hydrogens is 250 g/mol. The lowest BCUT2D eigenvalue weighted by atomic mass is 9.94. The lowest BCUT2D eigenvalue weighted by Crippen LogP contribution is -2.56. The molecule has 0 atom stereocenters. The van der Waals surface area contributed by atoms with Gasteiger partial charge in [0.15, 0.2) is 0 Å². The van der Waals surface area contributed by atoms with Crippen LogP contribution in [0.5, 0.6) is 0 Å². The number of hydrogen-bond acceptors (Lipinski definition) is 3. The molecule has 1 saturated carbocycles. The standard InChI is InChI=1S/C16H33N3O/c1-5-11-19(16(13-17)9-7-8-10-16)12-14(20)18-15(3,4)6-2/h5-13,17H2,1-4H3,(H,18,20). The van der Waals surface area contributed by atoms with Crippen LogP contribution in [0.15, 0.2) is 0 Å². The van der Waals surface area contributed by atoms with E-state index in [0.29, 0.717) is 13.1 Å². The highest BCUT2D eigenvalue weighted by atomic mass is 16.2. The number of nitrogens with zero attached hydrogens (tertiary/aromatic N) is 1. The van der Waals surface area contributed by atoms with Crippen LogP contribution in [0.2, 0.25) is 0 Å².